The Morgan fingerprint density at radius 3 is 2.29 bits per heavy atom. The predicted octanol–water partition coefficient (Wildman–Crippen LogP) is 2.84. The molecule has 0 saturated heterocycles. The summed E-state index contributed by atoms with van der Waals surface area (Å²) >= 11 is 0. The second kappa shape index (κ2) is 5.79. The number of aromatic nitrogens is 1. The van der Waals surface area contributed by atoms with Crippen molar-refractivity contribution in [3.05, 3.63) is 70.1 Å². The molecular formula is C17H17NO3. The molecule has 0 aliphatic heterocycles. The Balaban J connectivity index is 2.30. The molecule has 0 amide bonds. The fraction of sp³-hybridized carbons (Fsp3) is 0.176. The number of rotatable bonds is 4. The van der Waals surface area contributed by atoms with Crippen molar-refractivity contribution in [1.82, 2.24) is 4.57 Å². The van der Waals surface area contributed by atoms with Crippen molar-refractivity contribution in [3.63, 3.8) is 0 Å². The molecule has 0 radical (unpaired) electrons. The van der Waals surface area contributed by atoms with Crippen LogP contribution in [0.15, 0.2) is 53.5 Å². The molecule has 0 saturated carbocycles. The summed E-state index contributed by atoms with van der Waals surface area (Å²) in [4.78, 5) is 23.3. The molecule has 0 aliphatic rings. The third kappa shape index (κ3) is 3.28. The molecule has 0 aliphatic carbocycles. The van der Waals surface area contributed by atoms with E-state index in [1.165, 1.54) is 30.7 Å². The number of aliphatic carboxylic acids is 1. The number of carboxylic acids is 1. The van der Waals surface area contributed by atoms with Crippen LogP contribution in [-0.2, 0) is 10.3 Å². The van der Waals surface area contributed by atoms with E-state index in [1.807, 2.05) is 42.5 Å². The van der Waals surface area contributed by atoms with E-state index in [1.54, 1.807) is 6.07 Å². The van der Waals surface area contributed by atoms with E-state index in [4.69, 9.17) is 5.11 Å². The van der Waals surface area contributed by atoms with Crippen LogP contribution in [0, 0.1) is 0 Å². The molecule has 0 bridgehead atoms. The Morgan fingerprint density at radius 2 is 1.71 bits per heavy atom. The van der Waals surface area contributed by atoms with Gasteiger partial charge < -0.3 is 5.11 Å². The largest absolute Gasteiger partial charge is 0.480 e. The number of hydrogen-bond donors (Lipinski definition) is 1. The fourth-order valence-electron chi connectivity index (χ4n) is 1.92. The Kier molecular flexibility index (Phi) is 4.08. The van der Waals surface area contributed by atoms with Gasteiger partial charge in [-0.25, -0.2) is 4.79 Å². The highest BCUT2D eigenvalue weighted by molar-refractivity contribution is 5.75. The standard InChI is InChI=1S/C17H17NO3/c1-17(2,16(20)21)18-11-10-14(12-15(18)19)9-8-13-6-4-3-5-7-13/h3-12H,1-2H3,(H,20,21)/b9-8+. The van der Waals surface area contributed by atoms with Gasteiger partial charge in [-0.05, 0) is 31.0 Å². The minimum absolute atomic E-state index is 0.336. The molecule has 1 heterocycles. The Hall–Kier alpha value is -2.62. The highest BCUT2D eigenvalue weighted by Crippen LogP contribution is 2.13. The quantitative estimate of drug-likeness (QED) is 0.938. The van der Waals surface area contributed by atoms with Crippen LogP contribution >= 0.6 is 0 Å². The molecule has 108 valence electrons. The molecule has 1 aromatic carbocycles. The highest BCUT2D eigenvalue weighted by atomic mass is 16.4. The first kappa shape index (κ1) is 14.8. The van der Waals surface area contributed by atoms with Crippen molar-refractivity contribution in [2.24, 2.45) is 0 Å². The predicted molar refractivity (Wildman–Crippen MR) is 83.0 cm³/mol. The molecule has 2 aromatic rings. The maximum Gasteiger partial charge on any atom is 0.329 e. The van der Waals surface area contributed by atoms with E-state index >= 15 is 0 Å². The number of carboxylic acid groups (broad SMARTS) is 1. The molecule has 0 fully saturated rings. The molecule has 4 nitrogen and oxygen atoms in total. The molecule has 0 atom stereocenters. The lowest BCUT2D eigenvalue weighted by Gasteiger charge is -2.22. The Morgan fingerprint density at radius 1 is 1.10 bits per heavy atom. The lowest BCUT2D eigenvalue weighted by molar-refractivity contribution is -0.145. The molecule has 0 spiro atoms. The van der Waals surface area contributed by atoms with Gasteiger partial charge in [0.25, 0.3) is 5.56 Å². The third-order valence-corrected chi connectivity index (χ3v) is 3.34. The normalized spacial score (nSPS) is 11.7. The monoisotopic (exact) mass is 283 g/mol. The Labute approximate surface area is 123 Å². The molecule has 2 rings (SSSR count). The molecule has 21 heavy (non-hydrogen) atoms. The summed E-state index contributed by atoms with van der Waals surface area (Å²) in [5.41, 5.74) is 0.171. The number of pyridine rings is 1. The lowest BCUT2D eigenvalue weighted by Crippen LogP contribution is -2.42. The summed E-state index contributed by atoms with van der Waals surface area (Å²) in [5.74, 6) is -1.04. The van der Waals surface area contributed by atoms with Crippen molar-refractivity contribution in [2.75, 3.05) is 0 Å². The molecule has 1 aromatic heterocycles. The topological polar surface area (TPSA) is 59.3 Å². The van der Waals surface area contributed by atoms with Gasteiger partial charge in [0.2, 0.25) is 0 Å². The first-order valence-corrected chi connectivity index (χ1v) is 6.61. The number of nitrogens with zero attached hydrogens (tertiary/aromatic N) is 1. The van der Waals surface area contributed by atoms with Crippen LogP contribution in [-0.4, -0.2) is 15.6 Å². The van der Waals surface area contributed by atoms with Gasteiger partial charge in [-0.15, -0.1) is 0 Å². The maximum absolute atomic E-state index is 12.1. The van der Waals surface area contributed by atoms with E-state index < -0.39 is 11.5 Å². The summed E-state index contributed by atoms with van der Waals surface area (Å²) in [6.45, 7) is 2.99. The molecular weight excluding hydrogens is 266 g/mol. The fourth-order valence-corrected chi connectivity index (χ4v) is 1.92. The van der Waals surface area contributed by atoms with Gasteiger partial charge in [-0.3, -0.25) is 9.36 Å². The minimum Gasteiger partial charge on any atom is -0.480 e. The van der Waals surface area contributed by atoms with E-state index in [0.717, 1.165) is 11.1 Å². The van der Waals surface area contributed by atoms with Crippen LogP contribution in [0.1, 0.15) is 25.0 Å². The van der Waals surface area contributed by atoms with Crippen LogP contribution in [0.3, 0.4) is 0 Å². The van der Waals surface area contributed by atoms with Crippen molar-refractivity contribution in [1.29, 1.82) is 0 Å². The van der Waals surface area contributed by atoms with E-state index in [0.29, 0.717) is 0 Å². The zero-order valence-electron chi connectivity index (χ0n) is 12.0. The van der Waals surface area contributed by atoms with E-state index in [2.05, 4.69) is 0 Å². The molecule has 0 unspecified atom stereocenters. The first-order valence-electron chi connectivity index (χ1n) is 6.61. The van der Waals surface area contributed by atoms with Gasteiger partial charge in [-0.2, -0.15) is 0 Å². The van der Waals surface area contributed by atoms with Crippen molar-refractivity contribution in [2.45, 2.75) is 19.4 Å². The summed E-state index contributed by atoms with van der Waals surface area (Å²) in [6.07, 6.45) is 5.25. The minimum atomic E-state index is -1.27. The van der Waals surface area contributed by atoms with Crippen LogP contribution in [0.2, 0.25) is 0 Å². The van der Waals surface area contributed by atoms with Gasteiger partial charge in [0.1, 0.15) is 5.54 Å². The molecule has 1 N–H and O–H groups in total. The van der Waals surface area contributed by atoms with Crippen LogP contribution < -0.4 is 5.56 Å². The number of carbonyl (C=O) groups is 1. The van der Waals surface area contributed by atoms with E-state index in [9.17, 15) is 9.59 Å². The maximum atomic E-state index is 12.1. The van der Waals surface area contributed by atoms with Crippen LogP contribution in [0.5, 0.6) is 0 Å². The SMILES string of the molecule is CC(C)(C(=O)O)n1ccc(/C=C/c2ccccc2)cc1=O. The van der Waals surface area contributed by atoms with E-state index in [-0.39, 0.29) is 5.56 Å². The van der Waals surface area contributed by atoms with Gasteiger partial charge in [0.15, 0.2) is 0 Å². The second-order valence-corrected chi connectivity index (χ2v) is 5.28. The van der Waals surface area contributed by atoms with Gasteiger partial charge in [0.05, 0.1) is 0 Å². The molecule has 4 heteroatoms. The van der Waals surface area contributed by atoms with Gasteiger partial charge in [0, 0.05) is 12.3 Å². The average Bonchev–Trinajstić information content (AvgIpc) is 2.46. The van der Waals surface area contributed by atoms with Crippen molar-refractivity contribution in [3.8, 4) is 0 Å². The zero-order valence-corrected chi connectivity index (χ0v) is 12.0. The first-order chi connectivity index (χ1) is 9.91. The summed E-state index contributed by atoms with van der Waals surface area (Å²) < 4.78 is 1.22. The van der Waals surface area contributed by atoms with Crippen molar-refractivity contribution < 1.29 is 9.90 Å². The van der Waals surface area contributed by atoms with Crippen molar-refractivity contribution >= 4 is 18.1 Å². The zero-order chi connectivity index (χ0) is 15.5. The van der Waals surface area contributed by atoms with Gasteiger partial charge in [-0.1, -0.05) is 42.5 Å². The Bertz CT molecular complexity index is 727. The van der Waals surface area contributed by atoms with Crippen LogP contribution in [0.4, 0.5) is 0 Å². The average molecular weight is 283 g/mol. The summed E-state index contributed by atoms with van der Waals surface area (Å²) in [6, 6.07) is 12.9. The van der Waals surface area contributed by atoms with Gasteiger partial charge >= 0.3 is 5.97 Å². The van der Waals surface area contributed by atoms with Crippen LogP contribution in [0.25, 0.3) is 12.2 Å². The number of benzene rings is 1. The summed E-state index contributed by atoms with van der Waals surface area (Å²) in [5, 5.41) is 9.17. The third-order valence-electron chi connectivity index (χ3n) is 3.34. The number of hydrogen-bond acceptors (Lipinski definition) is 2. The second-order valence-electron chi connectivity index (χ2n) is 5.28. The smallest absolute Gasteiger partial charge is 0.329 e. The summed E-state index contributed by atoms with van der Waals surface area (Å²) in [7, 11) is 0. The lowest BCUT2D eigenvalue weighted by atomic mass is 10.1. The highest BCUT2D eigenvalue weighted by Gasteiger charge is 2.29.